The fourth-order valence-electron chi connectivity index (χ4n) is 2.02. The second-order valence-corrected chi connectivity index (χ2v) is 4.76. The Bertz CT molecular complexity index is 604. The highest BCUT2D eigenvalue weighted by molar-refractivity contribution is 5.76. The van der Waals surface area contributed by atoms with Gasteiger partial charge in [0.2, 0.25) is 0 Å². The number of rotatable bonds is 6. The van der Waals surface area contributed by atoms with Crippen molar-refractivity contribution in [1.29, 1.82) is 0 Å². The normalized spacial score (nSPS) is 11.7. The molecule has 1 unspecified atom stereocenters. The van der Waals surface area contributed by atoms with Crippen molar-refractivity contribution >= 4 is 5.97 Å². The van der Waals surface area contributed by atoms with E-state index in [1.54, 1.807) is 19.2 Å². The molecule has 2 aromatic rings. The number of carboxylic acid groups (broad SMARTS) is 1. The minimum atomic E-state index is -0.909. The molecule has 110 valence electrons. The third-order valence-electron chi connectivity index (χ3n) is 3.25. The van der Waals surface area contributed by atoms with Gasteiger partial charge in [0.1, 0.15) is 12.5 Å². The quantitative estimate of drug-likeness (QED) is 0.885. The van der Waals surface area contributed by atoms with E-state index in [1.165, 1.54) is 0 Å². The first-order valence-corrected chi connectivity index (χ1v) is 6.67. The summed E-state index contributed by atoms with van der Waals surface area (Å²) in [7, 11) is 1.55. The van der Waals surface area contributed by atoms with Gasteiger partial charge in [-0.3, -0.25) is 4.79 Å². The molecule has 0 saturated heterocycles. The van der Waals surface area contributed by atoms with Gasteiger partial charge in [0.15, 0.2) is 11.5 Å². The SMILES string of the molecule is COc1ccccc1OCC(C(=O)O)c1ccc(C)cc1. The van der Waals surface area contributed by atoms with E-state index in [0.29, 0.717) is 11.5 Å². The van der Waals surface area contributed by atoms with Crippen LogP contribution in [0.25, 0.3) is 0 Å². The molecular weight excluding hydrogens is 268 g/mol. The van der Waals surface area contributed by atoms with Crippen molar-refractivity contribution in [2.45, 2.75) is 12.8 Å². The molecule has 0 aromatic heterocycles. The van der Waals surface area contributed by atoms with Gasteiger partial charge in [0.05, 0.1) is 7.11 Å². The van der Waals surface area contributed by atoms with Crippen LogP contribution in [0, 0.1) is 6.92 Å². The van der Waals surface area contributed by atoms with Crippen LogP contribution >= 0.6 is 0 Å². The Balaban J connectivity index is 2.14. The summed E-state index contributed by atoms with van der Waals surface area (Å²) in [6, 6.07) is 14.6. The summed E-state index contributed by atoms with van der Waals surface area (Å²) in [6.45, 7) is 2.02. The van der Waals surface area contributed by atoms with Gasteiger partial charge in [0, 0.05) is 0 Å². The monoisotopic (exact) mass is 286 g/mol. The smallest absolute Gasteiger partial charge is 0.314 e. The minimum Gasteiger partial charge on any atom is -0.493 e. The van der Waals surface area contributed by atoms with Gasteiger partial charge in [-0.2, -0.15) is 0 Å². The van der Waals surface area contributed by atoms with Crippen LogP contribution in [-0.4, -0.2) is 24.8 Å². The Morgan fingerprint density at radius 2 is 1.71 bits per heavy atom. The number of aryl methyl sites for hydroxylation is 1. The van der Waals surface area contributed by atoms with Crippen molar-refractivity contribution in [3.8, 4) is 11.5 Å². The van der Waals surface area contributed by atoms with Crippen LogP contribution in [0.15, 0.2) is 48.5 Å². The Kier molecular flexibility index (Phi) is 4.82. The van der Waals surface area contributed by atoms with E-state index in [1.807, 2.05) is 43.3 Å². The van der Waals surface area contributed by atoms with E-state index < -0.39 is 11.9 Å². The second kappa shape index (κ2) is 6.79. The zero-order valence-corrected chi connectivity index (χ0v) is 12.1. The summed E-state index contributed by atoms with van der Waals surface area (Å²) in [5, 5.41) is 9.39. The summed E-state index contributed by atoms with van der Waals surface area (Å²) < 4.78 is 10.8. The molecule has 21 heavy (non-hydrogen) atoms. The number of hydrogen-bond acceptors (Lipinski definition) is 3. The third-order valence-corrected chi connectivity index (χ3v) is 3.25. The summed E-state index contributed by atoms with van der Waals surface area (Å²) in [5.41, 5.74) is 1.82. The first-order chi connectivity index (χ1) is 10.1. The molecule has 0 heterocycles. The van der Waals surface area contributed by atoms with Crippen molar-refractivity contribution in [3.63, 3.8) is 0 Å². The van der Waals surface area contributed by atoms with Gasteiger partial charge in [-0.25, -0.2) is 0 Å². The number of para-hydroxylation sites is 2. The topological polar surface area (TPSA) is 55.8 Å². The fourth-order valence-corrected chi connectivity index (χ4v) is 2.02. The number of carboxylic acids is 1. The molecule has 0 aliphatic carbocycles. The summed E-state index contributed by atoms with van der Waals surface area (Å²) >= 11 is 0. The number of ether oxygens (including phenoxy) is 2. The summed E-state index contributed by atoms with van der Waals surface area (Å²) in [5.74, 6) is -0.492. The van der Waals surface area contributed by atoms with E-state index in [9.17, 15) is 9.90 Å². The first-order valence-electron chi connectivity index (χ1n) is 6.67. The van der Waals surface area contributed by atoms with E-state index in [4.69, 9.17) is 9.47 Å². The van der Waals surface area contributed by atoms with E-state index in [0.717, 1.165) is 11.1 Å². The van der Waals surface area contributed by atoms with Crippen LogP contribution < -0.4 is 9.47 Å². The van der Waals surface area contributed by atoms with Crippen LogP contribution in [0.4, 0.5) is 0 Å². The number of methoxy groups -OCH3 is 1. The average molecular weight is 286 g/mol. The fraction of sp³-hybridized carbons (Fsp3) is 0.235. The van der Waals surface area contributed by atoms with Gasteiger partial charge in [-0.1, -0.05) is 42.0 Å². The predicted molar refractivity (Wildman–Crippen MR) is 80.0 cm³/mol. The maximum atomic E-state index is 11.4. The molecule has 0 radical (unpaired) electrons. The van der Waals surface area contributed by atoms with Crippen LogP contribution in [0.1, 0.15) is 17.0 Å². The Hall–Kier alpha value is -2.49. The lowest BCUT2D eigenvalue weighted by Gasteiger charge is -2.16. The lowest BCUT2D eigenvalue weighted by atomic mass is 9.99. The molecule has 0 spiro atoms. The standard InChI is InChI=1S/C17H18O4/c1-12-7-9-13(10-8-12)14(17(18)19)11-21-16-6-4-3-5-15(16)20-2/h3-10,14H,11H2,1-2H3,(H,18,19). The van der Waals surface area contributed by atoms with E-state index in [2.05, 4.69) is 0 Å². The van der Waals surface area contributed by atoms with Gasteiger partial charge in [-0.05, 0) is 24.6 Å². The minimum absolute atomic E-state index is 0.0543. The van der Waals surface area contributed by atoms with Crippen molar-refractivity contribution in [3.05, 3.63) is 59.7 Å². The number of carbonyl (C=O) groups is 1. The highest BCUT2D eigenvalue weighted by Gasteiger charge is 2.21. The molecule has 0 aliphatic heterocycles. The highest BCUT2D eigenvalue weighted by Crippen LogP contribution is 2.27. The Morgan fingerprint density at radius 3 is 2.29 bits per heavy atom. The van der Waals surface area contributed by atoms with Crippen LogP contribution in [0.3, 0.4) is 0 Å². The number of hydrogen-bond donors (Lipinski definition) is 1. The molecule has 1 N–H and O–H groups in total. The van der Waals surface area contributed by atoms with E-state index >= 15 is 0 Å². The molecule has 1 atom stereocenters. The maximum absolute atomic E-state index is 11.4. The largest absolute Gasteiger partial charge is 0.493 e. The molecule has 0 bridgehead atoms. The second-order valence-electron chi connectivity index (χ2n) is 4.76. The van der Waals surface area contributed by atoms with Crippen molar-refractivity contribution in [2.75, 3.05) is 13.7 Å². The third kappa shape index (κ3) is 3.75. The summed E-state index contributed by atoms with van der Waals surface area (Å²) in [4.78, 5) is 11.4. The number of benzene rings is 2. The molecular formula is C17H18O4. The highest BCUT2D eigenvalue weighted by atomic mass is 16.5. The lowest BCUT2D eigenvalue weighted by molar-refractivity contribution is -0.139. The van der Waals surface area contributed by atoms with Crippen LogP contribution in [-0.2, 0) is 4.79 Å². The van der Waals surface area contributed by atoms with Crippen LogP contribution in [0.2, 0.25) is 0 Å². The van der Waals surface area contributed by atoms with Crippen LogP contribution in [0.5, 0.6) is 11.5 Å². The maximum Gasteiger partial charge on any atom is 0.314 e. The van der Waals surface area contributed by atoms with E-state index in [-0.39, 0.29) is 6.61 Å². The molecule has 4 heteroatoms. The van der Waals surface area contributed by atoms with Gasteiger partial charge < -0.3 is 14.6 Å². The van der Waals surface area contributed by atoms with Crippen molar-refractivity contribution in [1.82, 2.24) is 0 Å². The molecule has 2 aromatic carbocycles. The molecule has 4 nitrogen and oxygen atoms in total. The predicted octanol–water partition coefficient (Wildman–Crippen LogP) is 3.25. The molecule has 0 amide bonds. The van der Waals surface area contributed by atoms with Gasteiger partial charge in [-0.15, -0.1) is 0 Å². The average Bonchev–Trinajstić information content (AvgIpc) is 2.49. The Morgan fingerprint density at radius 1 is 1.10 bits per heavy atom. The molecule has 0 fully saturated rings. The number of aliphatic carboxylic acids is 1. The van der Waals surface area contributed by atoms with Gasteiger partial charge >= 0.3 is 5.97 Å². The van der Waals surface area contributed by atoms with Gasteiger partial charge in [0.25, 0.3) is 0 Å². The van der Waals surface area contributed by atoms with Crippen molar-refractivity contribution < 1.29 is 19.4 Å². The zero-order valence-electron chi connectivity index (χ0n) is 12.1. The summed E-state index contributed by atoms with van der Waals surface area (Å²) in [6.07, 6.45) is 0. The molecule has 2 rings (SSSR count). The zero-order chi connectivity index (χ0) is 15.2. The molecule has 0 saturated carbocycles. The van der Waals surface area contributed by atoms with Crippen molar-refractivity contribution in [2.24, 2.45) is 0 Å². The first kappa shape index (κ1) is 14.9. The Labute approximate surface area is 123 Å². The molecule has 0 aliphatic rings. The lowest BCUT2D eigenvalue weighted by Crippen LogP contribution is -2.19.